The summed E-state index contributed by atoms with van der Waals surface area (Å²) in [6.07, 6.45) is 0. The fourth-order valence-corrected chi connectivity index (χ4v) is 1.89. The van der Waals surface area contributed by atoms with Crippen LogP contribution in [0.4, 0.5) is 16.2 Å². The molecule has 92 valence electrons. The van der Waals surface area contributed by atoms with E-state index in [1.165, 1.54) is 0 Å². The second-order valence-electron chi connectivity index (χ2n) is 3.57. The van der Waals surface area contributed by atoms with E-state index in [0.717, 1.165) is 4.47 Å². The minimum Gasteiger partial charge on any atom is -0.308 e. The summed E-state index contributed by atoms with van der Waals surface area (Å²) < 4.78 is 0.830. The topological polar surface area (TPSA) is 41.1 Å². The van der Waals surface area contributed by atoms with E-state index in [4.69, 9.17) is 11.6 Å². The van der Waals surface area contributed by atoms with Crippen molar-refractivity contribution in [2.45, 2.75) is 0 Å². The molecule has 0 heterocycles. The Bertz CT molecular complexity index is 557. The highest BCUT2D eigenvalue weighted by molar-refractivity contribution is 9.10. The van der Waals surface area contributed by atoms with Gasteiger partial charge in [-0.2, -0.15) is 0 Å². The number of benzene rings is 2. The monoisotopic (exact) mass is 324 g/mol. The van der Waals surface area contributed by atoms with Crippen LogP contribution in [-0.2, 0) is 0 Å². The zero-order chi connectivity index (χ0) is 13.0. The summed E-state index contributed by atoms with van der Waals surface area (Å²) in [7, 11) is 0. The molecule has 0 aliphatic carbocycles. The molecule has 0 saturated carbocycles. The van der Waals surface area contributed by atoms with Crippen molar-refractivity contribution in [2.75, 3.05) is 10.6 Å². The van der Waals surface area contributed by atoms with Crippen molar-refractivity contribution in [3.8, 4) is 0 Å². The summed E-state index contributed by atoms with van der Waals surface area (Å²) >= 11 is 9.12. The molecule has 0 unspecified atom stereocenters. The van der Waals surface area contributed by atoms with Gasteiger partial charge in [-0.25, -0.2) is 4.79 Å². The van der Waals surface area contributed by atoms with Crippen molar-refractivity contribution in [1.29, 1.82) is 0 Å². The van der Waals surface area contributed by atoms with Crippen LogP contribution in [0.3, 0.4) is 0 Å². The second kappa shape index (κ2) is 5.89. The van der Waals surface area contributed by atoms with Crippen molar-refractivity contribution in [2.24, 2.45) is 0 Å². The number of anilines is 2. The summed E-state index contributed by atoms with van der Waals surface area (Å²) in [5.74, 6) is 0. The number of carbonyl (C=O) groups is 1. The van der Waals surface area contributed by atoms with Crippen LogP contribution in [0.2, 0.25) is 5.02 Å². The SMILES string of the molecule is O=C(Nc1ccc(Cl)cc1)Nc1ccccc1Br. The average molecular weight is 326 g/mol. The van der Waals surface area contributed by atoms with Crippen LogP contribution >= 0.6 is 27.5 Å². The molecule has 0 spiro atoms. The summed E-state index contributed by atoms with van der Waals surface area (Å²) in [5, 5.41) is 6.09. The summed E-state index contributed by atoms with van der Waals surface area (Å²) in [6, 6.07) is 14.0. The molecule has 3 nitrogen and oxygen atoms in total. The predicted octanol–water partition coefficient (Wildman–Crippen LogP) is 4.75. The lowest BCUT2D eigenvalue weighted by Crippen LogP contribution is -2.19. The van der Waals surface area contributed by atoms with E-state index < -0.39 is 0 Å². The van der Waals surface area contributed by atoms with Crippen LogP contribution in [0, 0.1) is 0 Å². The van der Waals surface area contributed by atoms with E-state index >= 15 is 0 Å². The van der Waals surface area contributed by atoms with Gasteiger partial charge >= 0.3 is 6.03 Å². The lowest BCUT2D eigenvalue weighted by molar-refractivity contribution is 0.262. The van der Waals surface area contributed by atoms with Crippen LogP contribution in [-0.4, -0.2) is 6.03 Å². The molecule has 2 amide bonds. The highest BCUT2D eigenvalue weighted by Gasteiger charge is 2.04. The van der Waals surface area contributed by atoms with Gasteiger partial charge in [-0.05, 0) is 52.3 Å². The Labute approximate surface area is 118 Å². The van der Waals surface area contributed by atoms with Crippen molar-refractivity contribution in [1.82, 2.24) is 0 Å². The Morgan fingerprint density at radius 3 is 2.33 bits per heavy atom. The first-order valence-electron chi connectivity index (χ1n) is 5.23. The van der Waals surface area contributed by atoms with E-state index in [-0.39, 0.29) is 6.03 Å². The third kappa shape index (κ3) is 3.48. The Kier molecular flexibility index (Phi) is 4.23. The molecule has 0 bridgehead atoms. The number of hydrogen-bond donors (Lipinski definition) is 2. The Morgan fingerprint density at radius 1 is 1.00 bits per heavy atom. The van der Waals surface area contributed by atoms with Crippen molar-refractivity contribution in [3.63, 3.8) is 0 Å². The zero-order valence-corrected chi connectivity index (χ0v) is 11.6. The van der Waals surface area contributed by atoms with Gasteiger partial charge in [-0.3, -0.25) is 0 Å². The van der Waals surface area contributed by atoms with E-state index in [9.17, 15) is 4.79 Å². The van der Waals surface area contributed by atoms with Crippen LogP contribution in [0.1, 0.15) is 0 Å². The van der Waals surface area contributed by atoms with Gasteiger partial charge in [-0.1, -0.05) is 23.7 Å². The lowest BCUT2D eigenvalue weighted by Gasteiger charge is -2.08. The molecule has 0 atom stereocenters. The van der Waals surface area contributed by atoms with Gasteiger partial charge in [0, 0.05) is 15.2 Å². The third-order valence-electron chi connectivity index (χ3n) is 2.22. The quantitative estimate of drug-likeness (QED) is 0.822. The van der Waals surface area contributed by atoms with E-state index in [1.807, 2.05) is 24.3 Å². The van der Waals surface area contributed by atoms with Gasteiger partial charge in [0.25, 0.3) is 0 Å². The maximum absolute atomic E-state index is 11.7. The molecule has 0 aromatic heterocycles. The normalized spacial score (nSPS) is 9.89. The first-order chi connectivity index (χ1) is 8.65. The molecular formula is C13H10BrClN2O. The molecular weight excluding hydrogens is 316 g/mol. The first kappa shape index (κ1) is 12.9. The summed E-state index contributed by atoms with van der Waals surface area (Å²) in [4.78, 5) is 11.7. The molecule has 18 heavy (non-hydrogen) atoms. The lowest BCUT2D eigenvalue weighted by atomic mass is 10.3. The molecule has 5 heteroatoms. The number of rotatable bonds is 2. The zero-order valence-electron chi connectivity index (χ0n) is 9.28. The highest BCUT2D eigenvalue weighted by atomic mass is 79.9. The van der Waals surface area contributed by atoms with Crippen molar-refractivity contribution < 1.29 is 4.79 Å². The number of nitrogens with one attached hydrogen (secondary N) is 2. The predicted molar refractivity (Wildman–Crippen MR) is 78.2 cm³/mol. The van der Waals surface area contributed by atoms with Crippen LogP contribution in [0.5, 0.6) is 0 Å². The molecule has 2 rings (SSSR count). The highest BCUT2D eigenvalue weighted by Crippen LogP contribution is 2.21. The summed E-state index contributed by atoms with van der Waals surface area (Å²) in [6.45, 7) is 0. The maximum atomic E-state index is 11.7. The molecule has 0 aliphatic rings. The molecule has 0 saturated heterocycles. The molecule has 2 aromatic carbocycles. The minimum absolute atomic E-state index is 0.302. The minimum atomic E-state index is -0.302. The Morgan fingerprint density at radius 2 is 1.67 bits per heavy atom. The maximum Gasteiger partial charge on any atom is 0.323 e. The molecule has 0 fully saturated rings. The third-order valence-corrected chi connectivity index (χ3v) is 3.17. The van der Waals surface area contributed by atoms with Crippen LogP contribution in [0.15, 0.2) is 53.0 Å². The summed E-state index contributed by atoms with van der Waals surface area (Å²) in [5.41, 5.74) is 1.40. The van der Waals surface area contributed by atoms with Gasteiger partial charge in [0.05, 0.1) is 5.69 Å². The molecule has 2 aromatic rings. The van der Waals surface area contributed by atoms with Gasteiger partial charge in [-0.15, -0.1) is 0 Å². The number of carbonyl (C=O) groups excluding carboxylic acids is 1. The Hall–Kier alpha value is -1.52. The van der Waals surface area contributed by atoms with E-state index in [0.29, 0.717) is 16.4 Å². The largest absolute Gasteiger partial charge is 0.323 e. The smallest absolute Gasteiger partial charge is 0.308 e. The second-order valence-corrected chi connectivity index (χ2v) is 4.86. The van der Waals surface area contributed by atoms with Gasteiger partial charge in [0.15, 0.2) is 0 Å². The van der Waals surface area contributed by atoms with E-state index in [1.54, 1.807) is 24.3 Å². The molecule has 2 N–H and O–H groups in total. The fraction of sp³-hybridized carbons (Fsp3) is 0. The number of urea groups is 1. The van der Waals surface area contributed by atoms with E-state index in [2.05, 4.69) is 26.6 Å². The average Bonchev–Trinajstić information content (AvgIpc) is 2.35. The Balaban J connectivity index is 2.01. The van der Waals surface area contributed by atoms with Gasteiger partial charge < -0.3 is 10.6 Å². The van der Waals surface area contributed by atoms with Gasteiger partial charge in [0.2, 0.25) is 0 Å². The number of amides is 2. The number of hydrogen-bond acceptors (Lipinski definition) is 1. The van der Waals surface area contributed by atoms with Crippen molar-refractivity contribution >= 4 is 44.9 Å². The number of para-hydroxylation sites is 1. The van der Waals surface area contributed by atoms with Crippen molar-refractivity contribution in [3.05, 3.63) is 58.0 Å². The standard InChI is InChI=1S/C13H10BrClN2O/c14-11-3-1-2-4-12(11)17-13(18)16-10-7-5-9(15)6-8-10/h1-8H,(H2,16,17,18). The van der Waals surface area contributed by atoms with Gasteiger partial charge in [0.1, 0.15) is 0 Å². The fourth-order valence-electron chi connectivity index (χ4n) is 1.38. The first-order valence-corrected chi connectivity index (χ1v) is 6.40. The molecule has 0 radical (unpaired) electrons. The van der Waals surface area contributed by atoms with Crippen LogP contribution in [0.25, 0.3) is 0 Å². The molecule has 0 aliphatic heterocycles. The number of halogens is 2. The van der Waals surface area contributed by atoms with Crippen LogP contribution < -0.4 is 10.6 Å².